The van der Waals surface area contributed by atoms with Crippen molar-refractivity contribution in [1.82, 2.24) is 0 Å². The average molecular weight is 259 g/mol. The summed E-state index contributed by atoms with van der Waals surface area (Å²) < 4.78 is 0. The number of hydrogen-bond acceptors (Lipinski definition) is 2. The predicted molar refractivity (Wildman–Crippen MR) is 82.7 cm³/mol. The number of carbonyl (C=O) groups is 1. The maximum absolute atomic E-state index is 11.2. The second-order valence-corrected chi connectivity index (χ2v) is 5.68. The quantitative estimate of drug-likeness (QED) is 0.767. The zero-order valence-corrected chi connectivity index (χ0v) is 12.9. The van der Waals surface area contributed by atoms with Gasteiger partial charge in [0.15, 0.2) is 5.78 Å². The van der Waals surface area contributed by atoms with Gasteiger partial charge < -0.3 is 5.32 Å². The van der Waals surface area contributed by atoms with Gasteiger partial charge in [-0.15, -0.1) is 0 Å². The Balaban J connectivity index is 3.25. The summed E-state index contributed by atoms with van der Waals surface area (Å²) in [5, 5.41) is 3.41. The molecule has 0 bridgehead atoms. The molecule has 1 N–H and O–H groups in total. The number of rotatable bonds is 5. The van der Waals surface area contributed by atoms with Gasteiger partial charge in [0.25, 0.3) is 0 Å². The van der Waals surface area contributed by atoms with Crippen LogP contribution < -0.4 is 5.32 Å². The molecule has 2 nitrogen and oxygen atoms in total. The van der Waals surface area contributed by atoms with Crippen molar-refractivity contribution in [1.29, 1.82) is 0 Å². The molecule has 0 saturated carbocycles. The van der Waals surface area contributed by atoms with Crippen LogP contribution in [0.15, 0.2) is 30.0 Å². The molecule has 0 aliphatic rings. The lowest BCUT2D eigenvalue weighted by atomic mass is 9.92. The zero-order valence-electron chi connectivity index (χ0n) is 12.9. The molecule has 19 heavy (non-hydrogen) atoms. The second-order valence-electron chi connectivity index (χ2n) is 5.68. The number of hydrogen-bond donors (Lipinski definition) is 1. The minimum absolute atomic E-state index is 0.0677. The number of benzene rings is 1. The van der Waals surface area contributed by atoms with Crippen molar-refractivity contribution in [2.45, 2.75) is 53.4 Å². The van der Waals surface area contributed by atoms with Gasteiger partial charge >= 0.3 is 0 Å². The number of para-hydroxylation sites is 1. The molecule has 1 aromatic carbocycles. The number of ketones is 1. The van der Waals surface area contributed by atoms with Crippen molar-refractivity contribution >= 4 is 11.5 Å². The molecule has 0 amide bonds. The number of carbonyl (C=O) groups excluding carboxylic acids is 1. The van der Waals surface area contributed by atoms with Gasteiger partial charge in [0.1, 0.15) is 0 Å². The minimum atomic E-state index is 0.0677. The summed E-state index contributed by atoms with van der Waals surface area (Å²) >= 11 is 0. The molecule has 0 fully saturated rings. The van der Waals surface area contributed by atoms with Crippen LogP contribution >= 0.6 is 0 Å². The van der Waals surface area contributed by atoms with Crippen molar-refractivity contribution in [2.75, 3.05) is 5.32 Å². The maximum Gasteiger partial charge on any atom is 0.154 e. The van der Waals surface area contributed by atoms with Crippen LogP contribution in [0.25, 0.3) is 0 Å². The third kappa shape index (κ3) is 4.23. The summed E-state index contributed by atoms with van der Waals surface area (Å²) in [7, 11) is 0. The summed E-state index contributed by atoms with van der Waals surface area (Å²) in [6.07, 6.45) is 1.64. The lowest BCUT2D eigenvalue weighted by Gasteiger charge is -2.21. The van der Waals surface area contributed by atoms with E-state index in [0.717, 1.165) is 11.4 Å². The largest absolute Gasteiger partial charge is 0.359 e. The van der Waals surface area contributed by atoms with Crippen molar-refractivity contribution in [3.63, 3.8) is 0 Å². The Morgan fingerprint density at radius 2 is 1.53 bits per heavy atom. The number of allylic oxidation sites excluding steroid dienone is 2. The van der Waals surface area contributed by atoms with Gasteiger partial charge in [-0.1, -0.05) is 45.9 Å². The smallest absolute Gasteiger partial charge is 0.154 e. The highest BCUT2D eigenvalue weighted by Crippen LogP contribution is 2.33. The van der Waals surface area contributed by atoms with E-state index >= 15 is 0 Å². The first-order valence-corrected chi connectivity index (χ1v) is 6.91. The zero-order chi connectivity index (χ0) is 14.6. The van der Waals surface area contributed by atoms with E-state index in [4.69, 9.17) is 0 Å². The van der Waals surface area contributed by atoms with E-state index in [1.54, 1.807) is 13.0 Å². The third-order valence-corrected chi connectivity index (χ3v) is 3.11. The fraction of sp³-hybridized carbons (Fsp3) is 0.471. The molecule has 0 radical (unpaired) electrons. The topological polar surface area (TPSA) is 29.1 Å². The van der Waals surface area contributed by atoms with E-state index in [9.17, 15) is 4.79 Å². The van der Waals surface area contributed by atoms with E-state index in [-0.39, 0.29) is 5.78 Å². The summed E-state index contributed by atoms with van der Waals surface area (Å²) in [5.41, 5.74) is 4.63. The highest BCUT2D eigenvalue weighted by Gasteiger charge is 2.13. The van der Waals surface area contributed by atoms with E-state index in [1.807, 2.05) is 6.92 Å². The molecular formula is C17H25NO. The Labute approximate surface area is 116 Å². The monoisotopic (exact) mass is 259 g/mol. The minimum Gasteiger partial charge on any atom is -0.359 e. The van der Waals surface area contributed by atoms with Gasteiger partial charge in [-0.3, -0.25) is 4.79 Å². The van der Waals surface area contributed by atoms with Gasteiger partial charge in [-0.2, -0.15) is 0 Å². The van der Waals surface area contributed by atoms with Crippen molar-refractivity contribution in [3.8, 4) is 0 Å². The van der Waals surface area contributed by atoms with Gasteiger partial charge in [0.05, 0.1) is 0 Å². The Morgan fingerprint density at radius 3 is 1.89 bits per heavy atom. The van der Waals surface area contributed by atoms with Crippen LogP contribution in [0.4, 0.5) is 5.69 Å². The molecule has 1 aromatic rings. The highest BCUT2D eigenvalue weighted by atomic mass is 16.1. The fourth-order valence-corrected chi connectivity index (χ4v) is 2.23. The summed E-state index contributed by atoms with van der Waals surface area (Å²) in [6, 6.07) is 6.42. The Hall–Kier alpha value is -1.57. The van der Waals surface area contributed by atoms with E-state index in [0.29, 0.717) is 11.8 Å². The van der Waals surface area contributed by atoms with Gasteiger partial charge in [-0.25, -0.2) is 0 Å². The molecule has 104 valence electrons. The van der Waals surface area contributed by atoms with Gasteiger partial charge in [-0.05, 0) is 42.9 Å². The molecular weight excluding hydrogens is 234 g/mol. The molecule has 0 aromatic heterocycles. The molecule has 1 rings (SSSR count). The Bertz CT molecular complexity index is 458. The first-order valence-electron chi connectivity index (χ1n) is 6.91. The van der Waals surface area contributed by atoms with E-state index < -0.39 is 0 Å². The number of nitrogens with one attached hydrogen (secondary N) is 1. The second kappa shape index (κ2) is 6.55. The van der Waals surface area contributed by atoms with Crippen LogP contribution in [0, 0.1) is 0 Å². The van der Waals surface area contributed by atoms with Crippen LogP contribution in [-0.2, 0) is 4.79 Å². The molecule has 0 heterocycles. The van der Waals surface area contributed by atoms with Crippen LogP contribution in [0.1, 0.15) is 64.5 Å². The Morgan fingerprint density at radius 1 is 1.05 bits per heavy atom. The van der Waals surface area contributed by atoms with Crippen molar-refractivity contribution < 1.29 is 4.79 Å². The van der Waals surface area contributed by atoms with Crippen LogP contribution in [0.2, 0.25) is 0 Å². The SMILES string of the molecule is CC(=O)C=C(C)Nc1c(C(C)C)cccc1C(C)C. The maximum atomic E-state index is 11.2. The fourth-order valence-electron chi connectivity index (χ4n) is 2.23. The van der Waals surface area contributed by atoms with E-state index in [2.05, 4.69) is 51.2 Å². The first-order chi connectivity index (χ1) is 8.82. The van der Waals surface area contributed by atoms with Crippen LogP contribution in [-0.4, -0.2) is 5.78 Å². The summed E-state index contributed by atoms with van der Waals surface area (Å²) in [4.78, 5) is 11.2. The number of anilines is 1. The van der Waals surface area contributed by atoms with E-state index in [1.165, 1.54) is 11.1 Å². The average Bonchev–Trinajstić information content (AvgIpc) is 2.27. The van der Waals surface area contributed by atoms with Crippen LogP contribution in [0.3, 0.4) is 0 Å². The Kier molecular flexibility index (Phi) is 5.34. The van der Waals surface area contributed by atoms with Crippen molar-refractivity contribution in [3.05, 3.63) is 41.1 Å². The normalized spacial score (nSPS) is 12.1. The molecule has 0 saturated heterocycles. The standard InChI is InChI=1S/C17H25NO/c1-11(2)15-8-7-9-16(12(3)4)17(15)18-13(5)10-14(6)19/h7-12,18H,1-6H3. The summed E-state index contributed by atoms with van der Waals surface area (Å²) in [6.45, 7) is 12.3. The lowest BCUT2D eigenvalue weighted by molar-refractivity contribution is -0.112. The molecule has 0 aliphatic carbocycles. The van der Waals surface area contributed by atoms with Crippen LogP contribution in [0.5, 0.6) is 0 Å². The van der Waals surface area contributed by atoms with Crippen molar-refractivity contribution in [2.24, 2.45) is 0 Å². The molecule has 0 unspecified atom stereocenters. The first kappa shape index (κ1) is 15.5. The third-order valence-electron chi connectivity index (χ3n) is 3.11. The molecule has 0 aliphatic heterocycles. The molecule has 0 atom stereocenters. The summed E-state index contributed by atoms with van der Waals surface area (Å²) in [5.74, 6) is 0.968. The molecule has 0 spiro atoms. The molecule has 2 heteroatoms. The van der Waals surface area contributed by atoms with Gasteiger partial charge in [0, 0.05) is 11.4 Å². The lowest BCUT2D eigenvalue weighted by Crippen LogP contribution is -2.07. The highest BCUT2D eigenvalue weighted by molar-refractivity contribution is 5.88. The predicted octanol–water partition coefficient (Wildman–Crippen LogP) is 4.84. The van der Waals surface area contributed by atoms with Gasteiger partial charge in [0.2, 0.25) is 0 Å².